The maximum absolute atomic E-state index is 12.8. The number of esters is 1. The molecular weight excluding hydrogens is 472 g/mol. The van der Waals surface area contributed by atoms with E-state index in [-0.39, 0.29) is 22.4 Å². The minimum atomic E-state index is -3.75. The summed E-state index contributed by atoms with van der Waals surface area (Å²) in [6.45, 7) is 1.53. The highest BCUT2D eigenvalue weighted by Gasteiger charge is 2.29. The third-order valence-electron chi connectivity index (χ3n) is 5.04. The number of nitrogens with zero attached hydrogens (tertiary/aromatic N) is 2. The van der Waals surface area contributed by atoms with Gasteiger partial charge in [0.1, 0.15) is 0 Å². The molecule has 1 heterocycles. The maximum atomic E-state index is 12.8. The van der Waals surface area contributed by atoms with Crippen LogP contribution in [0.25, 0.3) is 0 Å². The number of hydrogen-bond acceptors (Lipinski definition) is 5. The Morgan fingerprint density at radius 2 is 1.90 bits per heavy atom. The van der Waals surface area contributed by atoms with E-state index in [0.29, 0.717) is 4.47 Å². The molecule has 7 nitrogen and oxygen atoms in total. The van der Waals surface area contributed by atoms with Gasteiger partial charge in [0, 0.05) is 30.3 Å². The number of fused-ring (bicyclic) bond motifs is 1. The molecule has 2 aromatic carbocycles. The van der Waals surface area contributed by atoms with Crippen LogP contribution in [0.2, 0.25) is 0 Å². The zero-order chi connectivity index (χ0) is 22.1. The Bertz CT molecular complexity index is 1080. The van der Waals surface area contributed by atoms with Crippen molar-refractivity contribution in [3.8, 4) is 0 Å². The Morgan fingerprint density at radius 3 is 2.60 bits per heavy atom. The molecule has 1 unspecified atom stereocenters. The number of halogens is 1. The molecule has 1 aliphatic heterocycles. The van der Waals surface area contributed by atoms with E-state index in [2.05, 4.69) is 15.9 Å². The van der Waals surface area contributed by atoms with Crippen molar-refractivity contribution in [2.45, 2.75) is 30.7 Å². The Hall–Kier alpha value is -2.23. The van der Waals surface area contributed by atoms with Gasteiger partial charge in [-0.3, -0.25) is 4.79 Å². The van der Waals surface area contributed by atoms with Crippen LogP contribution < -0.4 is 4.90 Å². The molecule has 1 aliphatic rings. The molecule has 1 atom stereocenters. The van der Waals surface area contributed by atoms with Gasteiger partial charge in [0.05, 0.1) is 10.5 Å². The second-order valence-electron chi connectivity index (χ2n) is 7.29. The van der Waals surface area contributed by atoms with E-state index < -0.39 is 22.6 Å². The summed E-state index contributed by atoms with van der Waals surface area (Å²) in [5.41, 5.74) is 1.97. The lowest BCUT2D eigenvalue weighted by atomic mass is 9.96. The van der Waals surface area contributed by atoms with Gasteiger partial charge in [0.25, 0.3) is 5.91 Å². The van der Waals surface area contributed by atoms with Crippen LogP contribution in [0.15, 0.2) is 51.8 Å². The van der Waals surface area contributed by atoms with Gasteiger partial charge < -0.3 is 9.64 Å². The molecule has 0 aromatic heterocycles. The number of rotatable bonds is 5. The molecule has 0 N–H and O–H groups in total. The number of aryl methyl sites for hydroxylation is 1. The average Bonchev–Trinajstić information content (AvgIpc) is 2.71. The smallest absolute Gasteiger partial charge is 0.338 e. The van der Waals surface area contributed by atoms with Crippen LogP contribution >= 0.6 is 15.9 Å². The molecule has 0 bridgehead atoms. The zero-order valence-corrected chi connectivity index (χ0v) is 19.4. The van der Waals surface area contributed by atoms with Gasteiger partial charge in [-0.1, -0.05) is 18.2 Å². The fraction of sp³-hybridized carbons (Fsp3) is 0.333. The predicted molar refractivity (Wildman–Crippen MR) is 117 cm³/mol. The fourth-order valence-electron chi connectivity index (χ4n) is 3.37. The van der Waals surface area contributed by atoms with Crippen LogP contribution in [0.4, 0.5) is 5.69 Å². The van der Waals surface area contributed by atoms with Crippen molar-refractivity contribution in [1.82, 2.24) is 4.31 Å². The number of carbonyl (C=O) groups excluding carboxylic acids is 2. The number of carbonyl (C=O) groups is 2. The molecule has 0 spiro atoms. The third-order valence-corrected chi connectivity index (χ3v) is 7.85. The Morgan fingerprint density at radius 1 is 1.20 bits per heavy atom. The predicted octanol–water partition coefficient (Wildman–Crippen LogP) is 3.22. The molecule has 0 radical (unpaired) electrons. The Kier molecular flexibility index (Phi) is 6.64. The van der Waals surface area contributed by atoms with E-state index in [4.69, 9.17) is 4.74 Å². The fourth-order valence-corrected chi connectivity index (χ4v) is 5.22. The van der Waals surface area contributed by atoms with Crippen molar-refractivity contribution >= 4 is 43.5 Å². The third kappa shape index (κ3) is 4.43. The summed E-state index contributed by atoms with van der Waals surface area (Å²) < 4.78 is 31.5. The first-order valence-electron chi connectivity index (χ1n) is 9.42. The van der Waals surface area contributed by atoms with Gasteiger partial charge in [-0.15, -0.1) is 0 Å². The molecule has 3 rings (SSSR count). The zero-order valence-electron chi connectivity index (χ0n) is 17.0. The summed E-state index contributed by atoms with van der Waals surface area (Å²) in [7, 11) is -0.938. The van der Waals surface area contributed by atoms with E-state index in [1.807, 2.05) is 31.2 Å². The minimum absolute atomic E-state index is 0.00406. The molecule has 9 heteroatoms. The highest BCUT2D eigenvalue weighted by Crippen LogP contribution is 2.30. The first-order chi connectivity index (χ1) is 14.1. The van der Waals surface area contributed by atoms with E-state index in [0.717, 1.165) is 28.4 Å². The monoisotopic (exact) mass is 494 g/mol. The molecule has 2 aromatic rings. The standard InChI is InChI=1S/C21H23BrN2O5S/c1-14-8-9-15-6-4-5-7-18(15)24(14)20(25)13-29-21(26)16-10-11-17(22)19(12-16)30(27,28)23(2)3/h4-7,10-12,14H,8-9,13H2,1-3H3. The summed E-state index contributed by atoms with van der Waals surface area (Å²) in [5.74, 6) is -1.08. The SMILES string of the molecule is CC1CCc2ccccc2N1C(=O)COC(=O)c1ccc(Br)c(S(=O)(=O)N(C)C)c1. The van der Waals surface area contributed by atoms with Gasteiger partial charge in [-0.05, 0) is 65.5 Å². The maximum Gasteiger partial charge on any atom is 0.338 e. The van der Waals surface area contributed by atoms with E-state index in [1.54, 1.807) is 4.90 Å². The lowest BCUT2D eigenvalue weighted by Crippen LogP contribution is -2.44. The molecule has 30 heavy (non-hydrogen) atoms. The summed E-state index contributed by atoms with van der Waals surface area (Å²) in [6, 6.07) is 11.8. The van der Waals surface area contributed by atoms with Gasteiger partial charge in [-0.25, -0.2) is 17.5 Å². The summed E-state index contributed by atoms with van der Waals surface area (Å²) in [6.07, 6.45) is 1.72. The van der Waals surface area contributed by atoms with Gasteiger partial charge in [0.2, 0.25) is 10.0 Å². The number of amides is 1. The number of hydrogen-bond donors (Lipinski definition) is 0. The number of sulfonamides is 1. The van der Waals surface area contributed by atoms with Gasteiger partial charge in [-0.2, -0.15) is 0 Å². The second kappa shape index (κ2) is 8.87. The van der Waals surface area contributed by atoms with Crippen LogP contribution in [0.3, 0.4) is 0 Å². The number of ether oxygens (including phenoxy) is 1. The van der Waals surface area contributed by atoms with Gasteiger partial charge >= 0.3 is 5.97 Å². The van der Waals surface area contributed by atoms with Crippen molar-refractivity contribution in [2.24, 2.45) is 0 Å². The molecular formula is C21H23BrN2O5S. The summed E-state index contributed by atoms with van der Waals surface area (Å²) in [5, 5.41) is 0. The van der Waals surface area contributed by atoms with Crippen molar-refractivity contribution in [3.05, 3.63) is 58.1 Å². The van der Waals surface area contributed by atoms with Crippen LogP contribution in [-0.4, -0.2) is 51.3 Å². The molecule has 160 valence electrons. The lowest BCUT2D eigenvalue weighted by Gasteiger charge is -2.35. The normalized spacial score (nSPS) is 16.3. The van der Waals surface area contributed by atoms with Crippen molar-refractivity contribution in [1.29, 1.82) is 0 Å². The number of benzene rings is 2. The van der Waals surface area contributed by atoms with Crippen molar-refractivity contribution in [2.75, 3.05) is 25.6 Å². The lowest BCUT2D eigenvalue weighted by molar-refractivity contribution is -0.122. The van der Waals surface area contributed by atoms with Crippen molar-refractivity contribution in [3.63, 3.8) is 0 Å². The topological polar surface area (TPSA) is 84.0 Å². The first-order valence-corrected chi connectivity index (χ1v) is 11.7. The number of anilines is 1. The summed E-state index contributed by atoms with van der Waals surface area (Å²) in [4.78, 5) is 26.9. The van der Waals surface area contributed by atoms with Crippen LogP contribution in [-0.2, 0) is 26.0 Å². The van der Waals surface area contributed by atoms with Gasteiger partial charge in [0.15, 0.2) is 6.61 Å². The first kappa shape index (κ1) is 22.5. The minimum Gasteiger partial charge on any atom is -0.452 e. The Labute approximate surface area is 184 Å². The highest BCUT2D eigenvalue weighted by molar-refractivity contribution is 9.10. The van der Waals surface area contributed by atoms with E-state index in [1.165, 1.54) is 32.3 Å². The van der Waals surface area contributed by atoms with Crippen LogP contribution in [0.5, 0.6) is 0 Å². The average molecular weight is 495 g/mol. The van der Waals surface area contributed by atoms with E-state index >= 15 is 0 Å². The van der Waals surface area contributed by atoms with E-state index in [9.17, 15) is 18.0 Å². The molecule has 0 saturated heterocycles. The highest BCUT2D eigenvalue weighted by atomic mass is 79.9. The quantitative estimate of drug-likeness (QED) is 0.595. The largest absolute Gasteiger partial charge is 0.452 e. The molecule has 0 fully saturated rings. The van der Waals surface area contributed by atoms with Crippen molar-refractivity contribution < 1.29 is 22.7 Å². The summed E-state index contributed by atoms with van der Waals surface area (Å²) >= 11 is 3.20. The number of para-hydroxylation sites is 1. The molecule has 0 saturated carbocycles. The molecule has 0 aliphatic carbocycles. The molecule has 1 amide bonds. The second-order valence-corrected chi connectivity index (χ2v) is 10.3. The van der Waals surface area contributed by atoms with Crippen LogP contribution in [0, 0.1) is 0 Å². The Balaban J connectivity index is 1.76. The van der Waals surface area contributed by atoms with Crippen LogP contribution in [0.1, 0.15) is 29.3 Å².